The normalized spacial score (nSPS) is 11.4. The zero-order chi connectivity index (χ0) is 13.1. The van der Waals surface area contributed by atoms with Crippen molar-refractivity contribution >= 4 is 5.91 Å². The molecule has 94 valence electrons. The molecule has 0 bridgehead atoms. The second kappa shape index (κ2) is 5.16. The average Bonchev–Trinajstić information content (AvgIpc) is 2.24. The molecule has 0 radical (unpaired) electrons. The molecule has 0 aliphatic carbocycles. The summed E-state index contributed by atoms with van der Waals surface area (Å²) in [6, 6.07) is 5.14. The molecular formula is C11H11F4NO. The molecule has 2 nitrogen and oxygen atoms in total. The lowest BCUT2D eigenvalue weighted by atomic mass is 10.2. The minimum atomic E-state index is -4.90. The largest absolute Gasteiger partial charge is 0.471 e. The van der Waals surface area contributed by atoms with E-state index in [-0.39, 0.29) is 13.1 Å². The number of nitrogens with zero attached hydrogens (tertiary/aromatic N) is 1. The fourth-order valence-corrected chi connectivity index (χ4v) is 1.36. The first kappa shape index (κ1) is 13.5. The summed E-state index contributed by atoms with van der Waals surface area (Å²) in [5.74, 6) is -2.46. The molecule has 1 rings (SSSR count). The van der Waals surface area contributed by atoms with E-state index in [1.807, 2.05) is 0 Å². The van der Waals surface area contributed by atoms with E-state index in [1.54, 1.807) is 0 Å². The van der Waals surface area contributed by atoms with Gasteiger partial charge in [0.05, 0.1) is 0 Å². The summed E-state index contributed by atoms with van der Waals surface area (Å²) in [4.78, 5) is 11.6. The van der Waals surface area contributed by atoms with Crippen LogP contribution in [0.4, 0.5) is 17.6 Å². The number of hydrogen-bond donors (Lipinski definition) is 0. The van der Waals surface area contributed by atoms with Crippen molar-refractivity contribution < 1.29 is 22.4 Å². The third-order valence-electron chi connectivity index (χ3n) is 2.17. The summed E-state index contributed by atoms with van der Waals surface area (Å²) >= 11 is 0. The summed E-state index contributed by atoms with van der Waals surface area (Å²) in [6.07, 6.45) is -4.90. The Morgan fingerprint density at radius 1 is 1.35 bits per heavy atom. The van der Waals surface area contributed by atoms with Crippen LogP contribution in [0.1, 0.15) is 12.5 Å². The van der Waals surface area contributed by atoms with Crippen molar-refractivity contribution in [1.29, 1.82) is 0 Å². The highest BCUT2D eigenvalue weighted by atomic mass is 19.4. The van der Waals surface area contributed by atoms with E-state index in [0.29, 0.717) is 10.5 Å². The molecular weight excluding hydrogens is 238 g/mol. The molecule has 0 aliphatic heterocycles. The van der Waals surface area contributed by atoms with Crippen LogP contribution < -0.4 is 0 Å². The Hall–Kier alpha value is -1.59. The van der Waals surface area contributed by atoms with Gasteiger partial charge in [0.25, 0.3) is 0 Å². The van der Waals surface area contributed by atoms with Crippen LogP contribution in [0, 0.1) is 5.82 Å². The Labute approximate surface area is 95.8 Å². The number of carbonyl (C=O) groups is 1. The van der Waals surface area contributed by atoms with Crippen LogP contribution in [-0.2, 0) is 11.3 Å². The first-order valence-corrected chi connectivity index (χ1v) is 4.95. The van der Waals surface area contributed by atoms with Crippen LogP contribution in [0.25, 0.3) is 0 Å². The van der Waals surface area contributed by atoms with Crippen LogP contribution in [0.15, 0.2) is 24.3 Å². The fourth-order valence-electron chi connectivity index (χ4n) is 1.36. The van der Waals surface area contributed by atoms with Crippen molar-refractivity contribution in [3.63, 3.8) is 0 Å². The van der Waals surface area contributed by atoms with Crippen molar-refractivity contribution in [1.82, 2.24) is 4.90 Å². The molecule has 1 aromatic rings. The fraction of sp³-hybridized carbons (Fsp3) is 0.364. The minimum absolute atomic E-state index is 0.0884. The van der Waals surface area contributed by atoms with E-state index in [4.69, 9.17) is 0 Å². The molecule has 0 heterocycles. The van der Waals surface area contributed by atoms with Crippen molar-refractivity contribution in [2.75, 3.05) is 6.54 Å². The van der Waals surface area contributed by atoms with Gasteiger partial charge >= 0.3 is 12.1 Å². The number of hydrogen-bond acceptors (Lipinski definition) is 1. The van der Waals surface area contributed by atoms with Gasteiger partial charge in [0, 0.05) is 13.1 Å². The number of alkyl halides is 3. The molecule has 0 aliphatic rings. The standard InChI is InChI=1S/C11H11F4NO/c1-2-16(10(17)11(13,14)15)7-8-4-3-5-9(12)6-8/h3-6H,2,7H2,1H3. The number of benzene rings is 1. The second-order valence-electron chi connectivity index (χ2n) is 3.45. The lowest BCUT2D eigenvalue weighted by Crippen LogP contribution is -2.40. The smallest absolute Gasteiger partial charge is 0.331 e. The van der Waals surface area contributed by atoms with Crippen molar-refractivity contribution in [2.24, 2.45) is 0 Å². The van der Waals surface area contributed by atoms with Gasteiger partial charge in [0.2, 0.25) is 0 Å². The minimum Gasteiger partial charge on any atom is -0.331 e. The predicted molar refractivity (Wildman–Crippen MR) is 53.5 cm³/mol. The lowest BCUT2D eigenvalue weighted by molar-refractivity contribution is -0.185. The van der Waals surface area contributed by atoms with Crippen molar-refractivity contribution in [3.05, 3.63) is 35.6 Å². The maximum Gasteiger partial charge on any atom is 0.471 e. The summed E-state index contributed by atoms with van der Waals surface area (Å²) in [7, 11) is 0. The van der Waals surface area contributed by atoms with Gasteiger partial charge in [-0.3, -0.25) is 4.79 Å². The van der Waals surface area contributed by atoms with E-state index in [9.17, 15) is 22.4 Å². The Bertz CT molecular complexity index is 403. The number of rotatable bonds is 3. The van der Waals surface area contributed by atoms with Crippen molar-refractivity contribution in [2.45, 2.75) is 19.6 Å². The molecule has 0 saturated carbocycles. The maximum absolute atomic E-state index is 12.8. The van der Waals surface area contributed by atoms with E-state index in [0.717, 1.165) is 6.07 Å². The highest BCUT2D eigenvalue weighted by molar-refractivity contribution is 5.81. The molecule has 0 spiro atoms. The molecule has 0 fully saturated rings. The molecule has 0 unspecified atom stereocenters. The Morgan fingerprint density at radius 2 is 2.00 bits per heavy atom. The van der Waals surface area contributed by atoms with E-state index in [2.05, 4.69) is 0 Å². The Balaban J connectivity index is 2.81. The first-order chi connectivity index (χ1) is 7.84. The Kier molecular flexibility index (Phi) is 4.09. The summed E-state index contributed by atoms with van der Waals surface area (Å²) < 4.78 is 49.4. The molecule has 1 amide bonds. The van der Waals surface area contributed by atoms with E-state index in [1.165, 1.54) is 25.1 Å². The number of amides is 1. The van der Waals surface area contributed by atoms with Gasteiger partial charge in [-0.25, -0.2) is 4.39 Å². The van der Waals surface area contributed by atoms with Gasteiger partial charge in [-0.1, -0.05) is 12.1 Å². The topological polar surface area (TPSA) is 20.3 Å². The van der Waals surface area contributed by atoms with E-state index >= 15 is 0 Å². The van der Waals surface area contributed by atoms with Crippen LogP contribution in [0.2, 0.25) is 0 Å². The highest BCUT2D eigenvalue weighted by Crippen LogP contribution is 2.20. The molecule has 0 atom stereocenters. The summed E-state index contributed by atoms with van der Waals surface area (Å²) in [5, 5.41) is 0. The molecule has 0 saturated heterocycles. The second-order valence-corrected chi connectivity index (χ2v) is 3.45. The van der Waals surface area contributed by atoms with Gasteiger partial charge in [0.15, 0.2) is 0 Å². The third-order valence-corrected chi connectivity index (χ3v) is 2.17. The average molecular weight is 249 g/mol. The first-order valence-electron chi connectivity index (χ1n) is 4.95. The molecule has 1 aromatic carbocycles. The van der Waals surface area contributed by atoms with Crippen LogP contribution >= 0.6 is 0 Å². The van der Waals surface area contributed by atoms with Gasteiger partial charge in [0.1, 0.15) is 5.82 Å². The van der Waals surface area contributed by atoms with Crippen molar-refractivity contribution in [3.8, 4) is 0 Å². The summed E-state index contributed by atoms with van der Waals surface area (Å²) in [6.45, 7) is 1.09. The maximum atomic E-state index is 12.8. The van der Waals surface area contributed by atoms with Crippen LogP contribution in [-0.4, -0.2) is 23.5 Å². The Morgan fingerprint density at radius 3 is 2.47 bits per heavy atom. The van der Waals surface area contributed by atoms with Gasteiger partial charge in [-0.2, -0.15) is 13.2 Å². The molecule has 0 N–H and O–H groups in total. The monoisotopic (exact) mass is 249 g/mol. The number of halogens is 4. The van der Waals surface area contributed by atoms with Gasteiger partial charge in [-0.05, 0) is 24.6 Å². The van der Waals surface area contributed by atoms with Gasteiger partial charge < -0.3 is 4.90 Å². The molecule has 17 heavy (non-hydrogen) atoms. The summed E-state index contributed by atoms with van der Waals surface area (Å²) in [5.41, 5.74) is 0.324. The molecule has 0 aromatic heterocycles. The third kappa shape index (κ3) is 3.72. The highest BCUT2D eigenvalue weighted by Gasteiger charge is 2.41. The van der Waals surface area contributed by atoms with Crippen LogP contribution in [0.3, 0.4) is 0 Å². The van der Waals surface area contributed by atoms with Gasteiger partial charge in [-0.15, -0.1) is 0 Å². The zero-order valence-corrected chi connectivity index (χ0v) is 9.09. The predicted octanol–water partition coefficient (Wildman–Crippen LogP) is 2.74. The van der Waals surface area contributed by atoms with Crippen LogP contribution in [0.5, 0.6) is 0 Å². The molecule has 6 heteroatoms. The number of carbonyl (C=O) groups excluding carboxylic acids is 1. The quantitative estimate of drug-likeness (QED) is 0.754. The lowest BCUT2D eigenvalue weighted by Gasteiger charge is -2.22. The zero-order valence-electron chi connectivity index (χ0n) is 9.09. The van der Waals surface area contributed by atoms with E-state index < -0.39 is 17.9 Å². The SMILES string of the molecule is CCN(Cc1cccc(F)c1)C(=O)C(F)(F)F.